The van der Waals surface area contributed by atoms with Crippen LogP contribution in [0.1, 0.15) is 56.7 Å². The normalized spacial score (nSPS) is 14.5. The summed E-state index contributed by atoms with van der Waals surface area (Å²) < 4.78 is 19.6. The number of nitrogens with one attached hydrogen (secondary N) is 1. The van der Waals surface area contributed by atoms with Crippen molar-refractivity contribution in [3.05, 3.63) is 88.9 Å². The zero-order valence-corrected chi connectivity index (χ0v) is 17.3. The molecule has 1 N–H and O–H groups in total. The first kappa shape index (κ1) is 20.8. The van der Waals surface area contributed by atoms with Gasteiger partial charge in [0.2, 0.25) is 5.89 Å². The lowest BCUT2D eigenvalue weighted by atomic mass is 10.0. The molecule has 1 aromatic heterocycles. The van der Waals surface area contributed by atoms with Gasteiger partial charge in [0.1, 0.15) is 18.1 Å². The molecule has 0 saturated carbocycles. The average molecular weight is 421 g/mol. The summed E-state index contributed by atoms with van der Waals surface area (Å²) in [7, 11) is 0. The number of likely N-dealkylation sites (tertiary alicyclic amines) is 1. The van der Waals surface area contributed by atoms with Gasteiger partial charge in [-0.25, -0.2) is 9.37 Å². The molecule has 1 atom stereocenters. The number of nitrogens with zero attached hydrogens (tertiary/aromatic N) is 2. The second kappa shape index (κ2) is 9.12. The van der Waals surface area contributed by atoms with Crippen molar-refractivity contribution in [2.45, 2.75) is 32.2 Å². The third-order valence-corrected chi connectivity index (χ3v) is 5.53. The maximum atomic E-state index is 13.9. The molecule has 160 valence electrons. The molecular weight excluding hydrogens is 397 g/mol. The van der Waals surface area contributed by atoms with Crippen molar-refractivity contribution in [3.8, 4) is 0 Å². The number of aromatic nitrogens is 1. The largest absolute Gasteiger partial charge is 0.446 e. The number of carbonyl (C=O) groups excluding carboxylic acids is 2. The fourth-order valence-electron chi connectivity index (χ4n) is 3.77. The Bertz CT molecular complexity index is 1070. The van der Waals surface area contributed by atoms with E-state index < -0.39 is 17.8 Å². The minimum absolute atomic E-state index is 0.168. The number of carbonyl (C=O) groups is 2. The molecule has 1 fully saturated rings. The van der Waals surface area contributed by atoms with E-state index in [9.17, 15) is 14.0 Å². The molecule has 1 aliphatic heterocycles. The van der Waals surface area contributed by atoms with Crippen LogP contribution in [-0.2, 0) is 6.42 Å². The topological polar surface area (TPSA) is 75.4 Å². The van der Waals surface area contributed by atoms with Gasteiger partial charge in [0, 0.05) is 25.1 Å². The Morgan fingerprint density at radius 3 is 2.61 bits per heavy atom. The Balaban J connectivity index is 1.59. The van der Waals surface area contributed by atoms with Crippen LogP contribution < -0.4 is 5.32 Å². The van der Waals surface area contributed by atoms with Gasteiger partial charge in [-0.2, -0.15) is 0 Å². The Morgan fingerprint density at radius 1 is 1.13 bits per heavy atom. The lowest BCUT2D eigenvalue weighted by Gasteiger charge is -2.17. The minimum atomic E-state index is -0.613. The van der Waals surface area contributed by atoms with Crippen LogP contribution in [-0.4, -0.2) is 34.8 Å². The predicted molar refractivity (Wildman–Crippen MR) is 113 cm³/mol. The Morgan fingerprint density at radius 2 is 1.87 bits per heavy atom. The molecule has 0 aliphatic carbocycles. The molecule has 3 aromatic rings. The lowest BCUT2D eigenvalue weighted by molar-refractivity contribution is 0.0786. The zero-order chi connectivity index (χ0) is 21.8. The van der Waals surface area contributed by atoms with Gasteiger partial charge in [0.25, 0.3) is 11.8 Å². The molecule has 2 heterocycles. The van der Waals surface area contributed by atoms with Crippen molar-refractivity contribution in [2.75, 3.05) is 13.1 Å². The number of halogens is 1. The molecule has 6 nitrogen and oxygen atoms in total. The van der Waals surface area contributed by atoms with Crippen LogP contribution >= 0.6 is 0 Å². The Hall–Kier alpha value is -3.48. The highest BCUT2D eigenvalue weighted by Crippen LogP contribution is 2.22. The Kier molecular flexibility index (Phi) is 6.11. The van der Waals surface area contributed by atoms with E-state index in [0.717, 1.165) is 18.4 Å². The maximum Gasteiger partial charge on any atom is 0.275 e. The first-order valence-corrected chi connectivity index (χ1v) is 10.4. The monoisotopic (exact) mass is 421 g/mol. The van der Waals surface area contributed by atoms with Crippen LogP contribution in [0.5, 0.6) is 0 Å². The van der Waals surface area contributed by atoms with Gasteiger partial charge < -0.3 is 14.6 Å². The minimum Gasteiger partial charge on any atom is -0.446 e. The van der Waals surface area contributed by atoms with E-state index in [1.54, 1.807) is 17.9 Å². The molecule has 0 unspecified atom stereocenters. The molecule has 0 spiro atoms. The van der Waals surface area contributed by atoms with Crippen molar-refractivity contribution >= 4 is 11.8 Å². The van der Waals surface area contributed by atoms with E-state index in [4.69, 9.17) is 4.42 Å². The summed E-state index contributed by atoms with van der Waals surface area (Å²) in [5.41, 5.74) is 1.72. The molecule has 2 aromatic carbocycles. The summed E-state index contributed by atoms with van der Waals surface area (Å²) in [5.74, 6) is -0.794. The van der Waals surface area contributed by atoms with Crippen molar-refractivity contribution in [1.29, 1.82) is 0 Å². The van der Waals surface area contributed by atoms with Crippen molar-refractivity contribution in [2.24, 2.45) is 0 Å². The standard InChI is InChI=1S/C24H24FN3O3/c1-16-18(10-7-11-19(16)25)22(29)26-20(14-17-8-3-2-4-9-17)23-27-21(15-31-23)24(30)28-12-5-6-13-28/h2-4,7-11,15,20H,5-6,12-14H2,1H3,(H,26,29)/t20-/m1/s1. The molecule has 4 rings (SSSR count). The predicted octanol–water partition coefficient (Wildman–Crippen LogP) is 4.07. The molecule has 0 bridgehead atoms. The van der Waals surface area contributed by atoms with Gasteiger partial charge in [-0.1, -0.05) is 36.4 Å². The number of benzene rings is 2. The van der Waals surface area contributed by atoms with E-state index in [-0.39, 0.29) is 28.6 Å². The summed E-state index contributed by atoms with van der Waals surface area (Å²) in [6.45, 7) is 2.99. The highest BCUT2D eigenvalue weighted by Gasteiger charge is 2.26. The summed E-state index contributed by atoms with van der Waals surface area (Å²) in [4.78, 5) is 31.7. The first-order valence-electron chi connectivity index (χ1n) is 10.4. The van der Waals surface area contributed by atoms with Crippen molar-refractivity contribution < 1.29 is 18.4 Å². The second-order valence-electron chi connectivity index (χ2n) is 7.70. The van der Waals surface area contributed by atoms with Gasteiger partial charge in [-0.05, 0) is 43.0 Å². The van der Waals surface area contributed by atoms with Crippen molar-refractivity contribution in [1.82, 2.24) is 15.2 Å². The highest BCUT2D eigenvalue weighted by atomic mass is 19.1. The lowest BCUT2D eigenvalue weighted by Crippen LogP contribution is -2.31. The van der Waals surface area contributed by atoms with Crippen molar-refractivity contribution in [3.63, 3.8) is 0 Å². The summed E-state index contributed by atoms with van der Waals surface area (Å²) in [6.07, 6.45) is 3.72. The van der Waals surface area contributed by atoms with E-state index in [0.29, 0.717) is 19.5 Å². The molecular formula is C24H24FN3O3. The number of amides is 2. The second-order valence-corrected chi connectivity index (χ2v) is 7.70. The van der Waals surface area contributed by atoms with Crippen LogP contribution in [0.4, 0.5) is 4.39 Å². The van der Waals surface area contributed by atoms with E-state index in [2.05, 4.69) is 10.3 Å². The zero-order valence-electron chi connectivity index (χ0n) is 17.3. The molecule has 1 aliphatic rings. The van der Waals surface area contributed by atoms with Crippen LogP contribution in [0, 0.1) is 12.7 Å². The van der Waals surface area contributed by atoms with E-state index >= 15 is 0 Å². The van der Waals surface area contributed by atoms with Gasteiger partial charge in [-0.3, -0.25) is 9.59 Å². The molecule has 1 saturated heterocycles. The number of hydrogen-bond donors (Lipinski definition) is 1. The SMILES string of the molecule is Cc1c(F)cccc1C(=O)N[C@H](Cc1ccccc1)c1nc(C(=O)N2CCCC2)co1. The first-order chi connectivity index (χ1) is 15.0. The third-order valence-electron chi connectivity index (χ3n) is 5.53. The highest BCUT2D eigenvalue weighted by molar-refractivity contribution is 5.96. The quantitative estimate of drug-likeness (QED) is 0.651. The fraction of sp³-hybridized carbons (Fsp3) is 0.292. The molecule has 2 amide bonds. The molecule has 7 heteroatoms. The summed E-state index contributed by atoms with van der Waals surface area (Å²) >= 11 is 0. The Labute approximate surface area is 180 Å². The van der Waals surface area contributed by atoms with Crippen LogP contribution in [0.25, 0.3) is 0 Å². The van der Waals surface area contributed by atoms with Crippen LogP contribution in [0.2, 0.25) is 0 Å². The van der Waals surface area contributed by atoms with Gasteiger partial charge in [-0.15, -0.1) is 0 Å². The third kappa shape index (κ3) is 4.66. The van der Waals surface area contributed by atoms with E-state index in [1.165, 1.54) is 18.4 Å². The number of hydrogen-bond acceptors (Lipinski definition) is 4. The van der Waals surface area contributed by atoms with Gasteiger partial charge in [0.05, 0.1) is 0 Å². The smallest absolute Gasteiger partial charge is 0.275 e. The summed E-state index contributed by atoms with van der Waals surface area (Å²) in [5, 5.41) is 2.90. The van der Waals surface area contributed by atoms with Gasteiger partial charge >= 0.3 is 0 Å². The van der Waals surface area contributed by atoms with Gasteiger partial charge in [0.15, 0.2) is 5.69 Å². The van der Waals surface area contributed by atoms with Crippen LogP contribution in [0.15, 0.2) is 59.2 Å². The summed E-state index contributed by atoms with van der Waals surface area (Å²) in [6, 6.07) is 13.4. The average Bonchev–Trinajstić information content (AvgIpc) is 3.48. The number of oxazole rings is 1. The fourth-order valence-corrected chi connectivity index (χ4v) is 3.77. The van der Waals surface area contributed by atoms with Crippen LogP contribution in [0.3, 0.4) is 0 Å². The maximum absolute atomic E-state index is 13.9. The molecule has 0 radical (unpaired) electrons. The van der Waals surface area contributed by atoms with E-state index in [1.807, 2.05) is 30.3 Å². The molecule has 31 heavy (non-hydrogen) atoms. The number of rotatable bonds is 6.